The minimum Gasteiger partial charge on any atom is -0.507 e. The van der Waals surface area contributed by atoms with Crippen LogP contribution in [0.15, 0.2) is 71.8 Å². The molecule has 0 saturated heterocycles. The van der Waals surface area contributed by atoms with Gasteiger partial charge in [0.2, 0.25) is 0 Å². The second kappa shape index (κ2) is 11.8. The quantitative estimate of drug-likeness (QED) is 0.129. The fraction of sp³-hybridized carbons (Fsp3) is 0.342. The summed E-state index contributed by atoms with van der Waals surface area (Å²) in [4.78, 5) is 13.8. The van der Waals surface area contributed by atoms with Crippen molar-refractivity contribution in [3.05, 3.63) is 94.1 Å². The van der Waals surface area contributed by atoms with Crippen molar-refractivity contribution >= 4 is 27.7 Å². The first-order valence-corrected chi connectivity index (χ1v) is 14.8. The van der Waals surface area contributed by atoms with Gasteiger partial charge in [0.15, 0.2) is 0 Å². The van der Waals surface area contributed by atoms with Gasteiger partial charge < -0.3 is 19.7 Å². The smallest absolute Gasteiger partial charge is 0.507 e. The molecule has 2 N–H and O–H groups in total. The molecule has 5 heteroatoms. The van der Waals surface area contributed by atoms with E-state index in [0.717, 1.165) is 11.1 Å². The minimum absolute atomic E-state index is 0.166. The van der Waals surface area contributed by atoms with Gasteiger partial charge in [-0.2, -0.15) is 0 Å². The Labute approximate surface area is 255 Å². The Morgan fingerprint density at radius 2 is 1.19 bits per heavy atom. The number of fused-ring (bicyclic) bond motifs is 2. The van der Waals surface area contributed by atoms with Crippen molar-refractivity contribution in [1.29, 1.82) is 0 Å². The van der Waals surface area contributed by atoms with Crippen molar-refractivity contribution in [2.45, 2.75) is 86.5 Å². The largest absolute Gasteiger partial charge is 0.519 e. The molecule has 5 nitrogen and oxygen atoms in total. The summed E-state index contributed by atoms with van der Waals surface area (Å²) in [5, 5.41) is 25.1. The van der Waals surface area contributed by atoms with Gasteiger partial charge in [0.1, 0.15) is 23.0 Å². The van der Waals surface area contributed by atoms with Crippen LogP contribution in [0.4, 0.5) is 4.79 Å². The van der Waals surface area contributed by atoms with E-state index in [1.165, 1.54) is 5.57 Å². The zero-order chi connectivity index (χ0) is 31.9. The average molecular weight is 581 g/mol. The lowest BCUT2D eigenvalue weighted by atomic mass is 9.77. The first kappa shape index (κ1) is 31.7. The standard InChI is InChI=1S/C38H44O5/c1-22(2)19-20-37(7,8)31-24(5)32(39)26-15-11-14-18-29(26)35(31)43-36(41)42-34-25(6)30(38(9,10)21-23(3)4)33(40)27-16-12-13-17-28(27)34/h11-19,21,39-40H,20H2,1-10H3. The third-order valence-corrected chi connectivity index (χ3v) is 8.13. The van der Waals surface area contributed by atoms with Crippen molar-refractivity contribution in [1.82, 2.24) is 0 Å². The van der Waals surface area contributed by atoms with Gasteiger partial charge in [0, 0.05) is 43.7 Å². The first-order valence-electron chi connectivity index (χ1n) is 14.8. The SMILES string of the molecule is CC(C)=CCC(C)(C)c1c(C)c(O)c2ccccc2c1OC(=O)Oc1c(C)c(C(C)(C)C=C(C)C)c(O)c2ccccc12. The van der Waals surface area contributed by atoms with Crippen LogP contribution in [0.5, 0.6) is 23.0 Å². The normalized spacial score (nSPS) is 11.9. The monoisotopic (exact) mass is 580 g/mol. The van der Waals surface area contributed by atoms with Crippen molar-refractivity contribution in [2.75, 3.05) is 0 Å². The summed E-state index contributed by atoms with van der Waals surface area (Å²) in [6, 6.07) is 14.7. The van der Waals surface area contributed by atoms with Gasteiger partial charge >= 0.3 is 6.16 Å². The lowest BCUT2D eigenvalue weighted by Gasteiger charge is -2.30. The Hall–Kier alpha value is -4.25. The van der Waals surface area contributed by atoms with Crippen molar-refractivity contribution in [2.24, 2.45) is 0 Å². The summed E-state index contributed by atoms with van der Waals surface area (Å²) in [5.74, 6) is 1.05. The maximum absolute atomic E-state index is 13.8. The maximum Gasteiger partial charge on any atom is 0.519 e. The topological polar surface area (TPSA) is 76.0 Å². The number of benzene rings is 4. The second-order valence-electron chi connectivity index (χ2n) is 13.2. The van der Waals surface area contributed by atoms with E-state index in [9.17, 15) is 15.0 Å². The summed E-state index contributed by atoms with van der Waals surface area (Å²) in [5.41, 5.74) is 4.03. The Kier molecular flexibility index (Phi) is 8.69. The molecule has 0 aliphatic carbocycles. The third-order valence-electron chi connectivity index (χ3n) is 8.13. The summed E-state index contributed by atoms with van der Waals surface area (Å²) in [6.07, 6.45) is 4.04. The average Bonchev–Trinajstić information content (AvgIpc) is 2.92. The Morgan fingerprint density at radius 3 is 1.72 bits per heavy atom. The number of hydrogen-bond acceptors (Lipinski definition) is 5. The van der Waals surface area contributed by atoms with Gasteiger partial charge in [-0.1, -0.05) is 99.5 Å². The van der Waals surface area contributed by atoms with Crippen molar-refractivity contribution in [3.63, 3.8) is 0 Å². The van der Waals surface area contributed by atoms with Crippen LogP contribution in [-0.4, -0.2) is 16.4 Å². The lowest BCUT2D eigenvalue weighted by molar-refractivity contribution is 0.151. The van der Waals surface area contributed by atoms with E-state index in [2.05, 4.69) is 26.0 Å². The Balaban J connectivity index is 1.90. The van der Waals surface area contributed by atoms with Crippen LogP contribution in [-0.2, 0) is 10.8 Å². The first-order chi connectivity index (χ1) is 20.1. The van der Waals surface area contributed by atoms with Gasteiger partial charge in [-0.15, -0.1) is 0 Å². The van der Waals surface area contributed by atoms with Crippen LogP contribution in [0.2, 0.25) is 0 Å². The molecule has 0 bridgehead atoms. The van der Waals surface area contributed by atoms with E-state index in [4.69, 9.17) is 9.47 Å². The van der Waals surface area contributed by atoms with E-state index in [-0.39, 0.29) is 11.5 Å². The molecule has 0 amide bonds. The molecular weight excluding hydrogens is 536 g/mol. The molecule has 0 saturated carbocycles. The van der Waals surface area contributed by atoms with Gasteiger partial charge in [-0.3, -0.25) is 0 Å². The van der Waals surface area contributed by atoms with Crippen LogP contribution < -0.4 is 9.47 Å². The predicted molar refractivity (Wildman–Crippen MR) is 177 cm³/mol. The molecule has 0 spiro atoms. The number of carbonyl (C=O) groups is 1. The van der Waals surface area contributed by atoms with Crippen LogP contribution in [0.1, 0.15) is 84.1 Å². The van der Waals surface area contributed by atoms with Gasteiger partial charge in [0.25, 0.3) is 0 Å². The van der Waals surface area contributed by atoms with Crippen LogP contribution in [0, 0.1) is 13.8 Å². The molecule has 4 aromatic rings. The van der Waals surface area contributed by atoms with Gasteiger partial charge in [0.05, 0.1) is 0 Å². The highest BCUT2D eigenvalue weighted by atomic mass is 16.7. The summed E-state index contributed by atoms with van der Waals surface area (Å²) >= 11 is 0. The number of phenolic OH excluding ortho intramolecular Hbond substituents is 2. The van der Waals surface area contributed by atoms with Gasteiger partial charge in [-0.05, 0) is 58.9 Å². The molecule has 4 rings (SSSR count). The molecule has 0 atom stereocenters. The molecular formula is C38H44O5. The highest BCUT2D eigenvalue weighted by Gasteiger charge is 2.33. The maximum atomic E-state index is 13.8. The molecule has 0 unspecified atom stereocenters. The highest BCUT2D eigenvalue weighted by Crippen LogP contribution is 2.48. The Morgan fingerprint density at radius 1 is 0.698 bits per heavy atom. The fourth-order valence-corrected chi connectivity index (χ4v) is 6.41. The molecule has 0 aromatic heterocycles. The van der Waals surface area contributed by atoms with E-state index in [1.54, 1.807) is 0 Å². The fourth-order valence-electron chi connectivity index (χ4n) is 6.41. The predicted octanol–water partition coefficient (Wildman–Crippen LogP) is 10.5. The number of carbonyl (C=O) groups excluding carboxylic acids is 1. The highest BCUT2D eigenvalue weighted by molar-refractivity contribution is 5.99. The number of allylic oxidation sites excluding steroid dienone is 4. The summed E-state index contributed by atoms with van der Waals surface area (Å²) in [6.45, 7) is 20.1. The van der Waals surface area contributed by atoms with E-state index < -0.39 is 17.0 Å². The van der Waals surface area contributed by atoms with Crippen LogP contribution >= 0.6 is 0 Å². The molecule has 4 aromatic carbocycles. The molecule has 0 fully saturated rings. The molecule has 226 valence electrons. The second-order valence-corrected chi connectivity index (χ2v) is 13.2. The number of ether oxygens (including phenoxy) is 2. The van der Waals surface area contributed by atoms with Crippen molar-refractivity contribution < 1.29 is 24.5 Å². The van der Waals surface area contributed by atoms with Gasteiger partial charge in [-0.25, -0.2) is 4.79 Å². The van der Waals surface area contributed by atoms with E-state index >= 15 is 0 Å². The number of rotatable bonds is 7. The van der Waals surface area contributed by atoms with Crippen LogP contribution in [0.25, 0.3) is 21.5 Å². The minimum atomic E-state index is -0.889. The summed E-state index contributed by atoms with van der Waals surface area (Å²) in [7, 11) is 0. The lowest BCUT2D eigenvalue weighted by Crippen LogP contribution is -2.23. The Bertz CT molecular complexity index is 1780. The molecule has 0 aliphatic rings. The molecule has 0 heterocycles. The van der Waals surface area contributed by atoms with E-state index in [1.807, 2.05) is 104 Å². The van der Waals surface area contributed by atoms with E-state index in [0.29, 0.717) is 56.2 Å². The zero-order valence-corrected chi connectivity index (χ0v) is 27.1. The third kappa shape index (κ3) is 6.13. The zero-order valence-electron chi connectivity index (χ0n) is 27.1. The molecule has 43 heavy (non-hydrogen) atoms. The number of hydrogen-bond donors (Lipinski definition) is 2. The molecule has 0 radical (unpaired) electrons. The molecule has 0 aliphatic heterocycles. The number of aromatic hydroxyl groups is 2. The summed E-state index contributed by atoms with van der Waals surface area (Å²) < 4.78 is 12.2. The number of phenols is 2. The van der Waals surface area contributed by atoms with Crippen LogP contribution in [0.3, 0.4) is 0 Å². The van der Waals surface area contributed by atoms with Crippen molar-refractivity contribution in [3.8, 4) is 23.0 Å².